The molecule has 0 unspecified atom stereocenters. The Morgan fingerprint density at radius 2 is 1.65 bits per heavy atom. The zero-order chi connectivity index (χ0) is 17.8. The van der Waals surface area contributed by atoms with E-state index in [2.05, 4.69) is 26.2 Å². The van der Waals surface area contributed by atoms with Gasteiger partial charge in [-0.25, -0.2) is 0 Å². The van der Waals surface area contributed by atoms with Gasteiger partial charge in [0.1, 0.15) is 5.58 Å². The number of para-hydroxylation sites is 1. The van der Waals surface area contributed by atoms with Gasteiger partial charge < -0.3 is 9.40 Å². The number of hydrogen-bond acceptors (Lipinski definition) is 3. The second-order valence-electron chi connectivity index (χ2n) is 6.07. The lowest BCUT2D eigenvalue weighted by atomic mass is 9.95. The van der Waals surface area contributed by atoms with Gasteiger partial charge in [0.2, 0.25) is 0 Å². The molecule has 5 nitrogen and oxygen atoms in total. The molecule has 1 aliphatic rings. The summed E-state index contributed by atoms with van der Waals surface area (Å²) in [5, 5.41) is 4.08. The molecule has 0 aliphatic carbocycles. The summed E-state index contributed by atoms with van der Waals surface area (Å²) in [6, 6.07) is 13.2. The first-order valence-electron chi connectivity index (χ1n) is 7.97. The van der Waals surface area contributed by atoms with E-state index in [9.17, 15) is 9.59 Å². The van der Waals surface area contributed by atoms with Crippen molar-refractivity contribution in [1.82, 2.24) is 10.3 Å². The summed E-state index contributed by atoms with van der Waals surface area (Å²) >= 11 is 3.44. The quantitative estimate of drug-likeness (QED) is 0.488. The molecule has 5 rings (SSSR count). The first-order valence-corrected chi connectivity index (χ1v) is 8.76. The third-order valence-electron chi connectivity index (χ3n) is 4.59. The van der Waals surface area contributed by atoms with Crippen LogP contribution in [0.15, 0.2) is 63.8 Å². The summed E-state index contributed by atoms with van der Waals surface area (Å²) < 4.78 is 6.47. The van der Waals surface area contributed by atoms with Gasteiger partial charge in [-0.05, 0) is 24.3 Å². The van der Waals surface area contributed by atoms with Gasteiger partial charge in [0.15, 0.2) is 0 Å². The van der Waals surface area contributed by atoms with Gasteiger partial charge in [-0.3, -0.25) is 14.9 Å². The molecule has 2 N–H and O–H groups in total. The molecule has 0 spiro atoms. The van der Waals surface area contributed by atoms with Crippen LogP contribution in [0.25, 0.3) is 33.0 Å². The highest BCUT2D eigenvalue weighted by Crippen LogP contribution is 2.38. The smallest absolute Gasteiger partial charge is 0.259 e. The normalized spacial score (nSPS) is 14.7. The first-order chi connectivity index (χ1) is 12.6. The van der Waals surface area contributed by atoms with Crippen molar-refractivity contribution >= 4 is 60.8 Å². The average molecular weight is 407 g/mol. The van der Waals surface area contributed by atoms with Gasteiger partial charge >= 0.3 is 0 Å². The topological polar surface area (TPSA) is 75.1 Å². The molecule has 126 valence electrons. The zero-order valence-corrected chi connectivity index (χ0v) is 14.9. The van der Waals surface area contributed by atoms with E-state index in [-0.39, 0.29) is 0 Å². The summed E-state index contributed by atoms with van der Waals surface area (Å²) in [5.41, 5.74) is 3.54. The van der Waals surface area contributed by atoms with Crippen molar-refractivity contribution in [2.24, 2.45) is 0 Å². The maximum Gasteiger partial charge on any atom is 0.259 e. The Hall–Kier alpha value is -3.12. The predicted octanol–water partition coefficient (Wildman–Crippen LogP) is 4.24. The number of furan rings is 1. The Morgan fingerprint density at radius 3 is 2.50 bits per heavy atom. The highest BCUT2D eigenvalue weighted by Gasteiger charge is 2.35. The van der Waals surface area contributed by atoms with Crippen molar-refractivity contribution in [1.29, 1.82) is 0 Å². The van der Waals surface area contributed by atoms with E-state index in [4.69, 9.17) is 4.42 Å². The van der Waals surface area contributed by atoms with Crippen molar-refractivity contribution < 1.29 is 14.0 Å². The van der Waals surface area contributed by atoms with E-state index < -0.39 is 11.8 Å². The van der Waals surface area contributed by atoms with Crippen LogP contribution >= 0.6 is 15.9 Å². The minimum absolute atomic E-state index is 0.330. The number of H-pyrrole nitrogens is 1. The van der Waals surface area contributed by atoms with Crippen molar-refractivity contribution in [2.45, 2.75) is 0 Å². The molecule has 6 heteroatoms. The summed E-state index contributed by atoms with van der Waals surface area (Å²) in [4.78, 5) is 28.3. The number of nitrogens with one attached hydrogen (secondary N) is 2. The number of halogens is 1. The molecule has 3 heterocycles. The van der Waals surface area contributed by atoms with Crippen LogP contribution in [-0.2, 0) is 9.59 Å². The summed E-state index contributed by atoms with van der Waals surface area (Å²) in [6.45, 7) is 0. The lowest BCUT2D eigenvalue weighted by Crippen LogP contribution is -2.22. The van der Waals surface area contributed by atoms with Crippen LogP contribution in [0.5, 0.6) is 0 Å². The lowest BCUT2D eigenvalue weighted by Gasteiger charge is -2.02. The predicted molar refractivity (Wildman–Crippen MR) is 102 cm³/mol. The molecule has 0 atom stereocenters. The number of amides is 2. The molecular formula is C20H11BrN2O3. The van der Waals surface area contributed by atoms with E-state index in [0.29, 0.717) is 27.9 Å². The number of carbonyl (C=O) groups is 2. The lowest BCUT2D eigenvalue weighted by molar-refractivity contribution is -0.122. The van der Waals surface area contributed by atoms with Crippen LogP contribution in [0, 0.1) is 0 Å². The maximum atomic E-state index is 12.6. The number of carbonyl (C=O) groups excluding carboxylic acids is 2. The van der Waals surface area contributed by atoms with Gasteiger partial charge in [-0.15, -0.1) is 0 Å². The Kier molecular flexibility index (Phi) is 3.17. The third-order valence-corrected chi connectivity index (χ3v) is 5.09. The number of aromatic nitrogens is 1. The maximum absolute atomic E-state index is 12.6. The largest absolute Gasteiger partial charge is 0.464 e. The molecule has 0 fully saturated rings. The highest BCUT2D eigenvalue weighted by atomic mass is 79.9. The number of hydrogen-bond donors (Lipinski definition) is 2. The molecule has 0 saturated carbocycles. The van der Waals surface area contributed by atoms with Gasteiger partial charge in [0, 0.05) is 38.1 Å². The second-order valence-corrected chi connectivity index (χ2v) is 6.99. The zero-order valence-electron chi connectivity index (χ0n) is 13.3. The third kappa shape index (κ3) is 2.09. The molecule has 26 heavy (non-hydrogen) atoms. The summed E-state index contributed by atoms with van der Waals surface area (Å²) in [6.07, 6.45) is 3.29. The van der Waals surface area contributed by atoms with E-state index in [0.717, 1.165) is 20.8 Å². The van der Waals surface area contributed by atoms with Gasteiger partial charge in [-0.2, -0.15) is 0 Å². The fraction of sp³-hybridized carbons (Fsp3) is 0. The Balaban J connectivity index is 1.85. The van der Waals surface area contributed by atoms with Crippen LogP contribution in [0.2, 0.25) is 0 Å². The highest BCUT2D eigenvalue weighted by molar-refractivity contribution is 9.10. The van der Waals surface area contributed by atoms with Crippen LogP contribution in [-0.4, -0.2) is 16.8 Å². The Labute approximate surface area is 155 Å². The number of imide groups is 1. The fourth-order valence-corrected chi connectivity index (χ4v) is 3.80. The van der Waals surface area contributed by atoms with Crippen molar-refractivity contribution in [3.8, 4) is 0 Å². The summed E-state index contributed by atoms with van der Waals surface area (Å²) in [5.74, 6) is -0.822. The molecule has 2 aromatic heterocycles. The molecule has 0 radical (unpaired) electrons. The fourth-order valence-electron chi connectivity index (χ4n) is 3.44. The Bertz CT molecular complexity index is 1260. The van der Waals surface area contributed by atoms with E-state index in [1.165, 1.54) is 6.26 Å². The first kappa shape index (κ1) is 15.2. The van der Waals surface area contributed by atoms with Gasteiger partial charge in [-0.1, -0.05) is 34.1 Å². The van der Waals surface area contributed by atoms with E-state index in [1.54, 1.807) is 6.20 Å². The van der Waals surface area contributed by atoms with Crippen LogP contribution in [0.4, 0.5) is 0 Å². The number of rotatable bonds is 2. The minimum atomic E-state index is -0.419. The van der Waals surface area contributed by atoms with Crippen LogP contribution < -0.4 is 5.32 Å². The summed E-state index contributed by atoms with van der Waals surface area (Å²) in [7, 11) is 0. The van der Waals surface area contributed by atoms with Crippen molar-refractivity contribution in [3.63, 3.8) is 0 Å². The molecule has 2 amide bonds. The molecule has 4 aromatic rings. The number of aromatic amines is 1. The number of benzene rings is 2. The van der Waals surface area contributed by atoms with Gasteiger partial charge in [0.05, 0.1) is 17.4 Å². The molecule has 1 aliphatic heterocycles. The van der Waals surface area contributed by atoms with Crippen molar-refractivity contribution in [2.75, 3.05) is 0 Å². The van der Waals surface area contributed by atoms with Crippen molar-refractivity contribution in [3.05, 3.63) is 70.5 Å². The van der Waals surface area contributed by atoms with Crippen LogP contribution in [0.3, 0.4) is 0 Å². The van der Waals surface area contributed by atoms with E-state index >= 15 is 0 Å². The monoisotopic (exact) mass is 406 g/mol. The molecule has 0 bridgehead atoms. The Morgan fingerprint density at radius 1 is 0.885 bits per heavy atom. The van der Waals surface area contributed by atoms with E-state index in [1.807, 2.05) is 42.5 Å². The SMILES string of the molecule is O=C1NC(=O)C(c2coc3ccc(Br)cc23)=C1c1c[nH]c2ccccc12. The van der Waals surface area contributed by atoms with Gasteiger partial charge in [0.25, 0.3) is 11.8 Å². The average Bonchev–Trinajstić information content (AvgIpc) is 3.29. The molecular weight excluding hydrogens is 396 g/mol. The standard InChI is InChI=1S/C20H11BrN2O3/c21-10-5-6-16-12(7-10)14(9-26-16)18-17(19(24)23-20(18)25)13-8-22-15-4-2-1-3-11(13)15/h1-9,22H,(H,23,24,25). The minimum Gasteiger partial charge on any atom is -0.464 e. The molecule has 2 aromatic carbocycles. The molecule has 0 saturated heterocycles. The second kappa shape index (κ2) is 5.44. The number of fused-ring (bicyclic) bond motifs is 2. The van der Waals surface area contributed by atoms with Crippen LogP contribution in [0.1, 0.15) is 11.1 Å².